The molecule has 1 aromatic carbocycles. The number of ether oxygens (including phenoxy) is 2. The molecule has 2 bridgehead atoms. The van der Waals surface area contributed by atoms with Gasteiger partial charge in [0.15, 0.2) is 11.5 Å². The van der Waals surface area contributed by atoms with Crippen LogP contribution in [0.25, 0.3) is 0 Å². The average molecular weight is 247 g/mol. The highest BCUT2D eigenvalue weighted by Crippen LogP contribution is 2.41. The van der Waals surface area contributed by atoms with Crippen molar-refractivity contribution >= 4 is 0 Å². The standard InChI is InChI=1S/C15H21NO2/c1-17-14-4-3-12(9-15(14)18-2)13-10-16-7-5-11(13)6-8-16/h3-4,9,11,13H,5-8,10H2,1-2H3. The molecule has 0 aliphatic carbocycles. The van der Waals surface area contributed by atoms with Crippen LogP contribution in [-0.2, 0) is 0 Å². The lowest BCUT2D eigenvalue weighted by Crippen LogP contribution is -2.46. The van der Waals surface area contributed by atoms with Crippen molar-refractivity contribution in [3.8, 4) is 11.5 Å². The van der Waals surface area contributed by atoms with E-state index in [1.807, 2.05) is 6.07 Å². The van der Waals surface area contributed by atoms with Gasteiger partial charge in [-0.25, -0.2) is 0 Å². The summed E-state index contributed by atoms with van der Waals surface area (Å²) in [6.45, 7) is 3.78. The molecule has 0 N–H and O–H groups in total. The highest BCUT2D eigenvalue weighted by molar-refractivity contribution is 5.44. The summed E-state index contributed by atoms with van der Waals surface area (Å²) < 4.78 is 10.7. The lowest BCUT2D eigenvalue weighted by Gasteiger charge is -2.45. The average Bonchev–Trinajstić information content (AvgIpc) is 2.47. The van der Waals surface area contributed by atoms with Gasteiger partial charge in [-0.1, -0.05) is 6.07 Å². The maximum absolute atomic E-state index is 5.41. The van der Waals surface area contributed by atoms with E-state index in [0.29, 0.717) is 5.92 Å². The first-order chi connectivity index (χ1) is 8.81. The number of hydrogen-bond acceptors (Lipinski definition) is 3. The van der Waals surface area contributed by atoms with Crippen LogP contribution in [0.15, 0.2) is 18.2 Å². The third-order valence-corrected chi connectivity index (χ3v) is 4.49. The Morgan fingerprint density at radius 1 is 1.06 bits per heavy atom. The van der Waals surface area contributed by atoms with E-state index in [2.05, 4.69) is 17.0 Å². The fourth-order valence-corrected chi connectivity index (χ4v) is 3.43. The van der Waals surface area contributed by atoms with Gasteiger partial charge in [-0.15, -0.1) is 0 Å². The largest absolute Gasteiger partial charge is 0.493 e. The van der Waals surface area contributed by atoms with Crippen molar-refractivity contribution < 1.29 is 9.47 Å². The number of nitrogens with zero attached hydrogens (tertiary/aromatic N) is 1. The lowest BCUT2D eigenvalue weighted by atomic mass is 9.75. The molecule has 0 radical (unpaired) electrons. The van der Waals surface area contributed by atoms with E-state index in [1.165, 1.54) is 38.0 Å². The SMILES string of the molecule is COc1ccc(C2CN3CCC2CC3)cc1OC. The Morgan fingerprint density at radius 2 is 1.78 bits per heavy atom. The van der Waals surface area contributed by atoms with E-state index < -0.39 is 0 Å². The molecule has 3 nitrogen and oxygen atoms in total. The van der Waals surface area contributed by atoms with Crippen molar-refractivity contribution in [2.24, 2.45) is 5.92 Å². The van der Waals surface area contributed by atoms with Gasteiger partial charge in [0.2, 0.25) is 0 Å². The van der Waals surface area contributed by atoms with Crippen LogP contribution in [0.2, 0.25) is 0 Å². The van der Waals surface area contributed by atoms with Crippen LogP contribution in [-0.4, -0.2) is 38.8 Å². The monoisotopic (exact) mass is 247 g/mol. The molecule has 1 atom stereocenters. The highest BCUT2D eigenvalue weighted by Gasteiger charge is 2.35. The van der Waals surface area contributed by atoms with Crippen molar-refractivity contribution in [3.05, 3.63) is 23.8 Å². The van der Waals surface area contributed by atoms with Crippen molar-refractivity contribution in [2.45, 2.75) is 18.8 Å². The van der Waals surface area contributed by atoms with E-state index in [4.69, 9.17) is 9.47 Å². The highest BCUT2D eigenvalue weighted by atomic mass is 16.5. The van der Waals surface area contributed by atoms with E-state index >= 15 is 0 Å². The fraction of sp³-hybridized carbons (Fsp3) is 0.600. The van der Waals surface area contributed by atoms with E-state index in [9.17, 15) is 0 Å². The van der Waals surface area contributed by atoms with Crippen molar-refractivity contribution in [1.82, 2.24) is 4.90 Å². The summed E-state index contributed by atoms with van der Waals surface area (Å²) >= 11 is 0. The summed E-state index contributed by atoms with van der Waals surface area (Å²) in [5, 5.41) is 0. The zero-order valence-corrected chi connectivity index (χ0v) is 11.2. The maximum atomic E-state index is 5.41. The molecule has 4 rings (SSSR count). The quantitative estimate of drug-likeness (QED) is 0.819. The van der Waals surface area contributed by atoms with Gasteiger partial charge in [0.1, 0.15) is 0 Å². The summed E-state index contributed by atoms with van der Waals surface area (Å²) in [5.41, 5.74) is 1.40. The van der Waals surface area contributed by atoms with Gasteiger partial charge in [0.25, 0.3) is 0 Å². The van der Waals surface area contributed by atoms with Crippen LogP contribution < -0.4 is 9.47 Å². The second kappa shape index (κ2) is 4.81. The van der Waals surface area contributed by atoms with Gasteiger partial charge in [0.05, 0.1) is 14.2 Å². The van der Waals surface area contributed by atoms with Crippen LogP contribution in [0.5, 0.6) is 11.5 Å². The van der Waals surface area contributed by atoms with Crippen LogP contribution >= 0.6 is 0 Å². The Morgan fingerprint density at radius 3 is 2.33 bits per heavy atom. The minimum atomic E-state index is 0.673. The second-order valence-corrected chi connectivity index (χ2v) is 5.36. The minimum absolute atomic E-state index is 0.673. The third-order valence-electron chi connectivity index (χ3n) is 4.49. The number of rotatable bonds is 3. The van der Waals surface area contributed by atoms with Crippen LogP contribution in [0.4, 0.5) is 0 Å². The molecular weight excluding hydrogens is 226 g/mol. The second-order valence-electron chi connectivity index (χ2n) is 5.36. The maximum Gasteiger partial charge on any atom is 0.160 e. The smallest absolute Gasteiger partial charge is 0.160 e. The molecule has 1 aromatic rings. The molecule has 3 heteroatoms. The summed E-state index contributed by atoms with van der Waals surface area (Å²) in [5.74, 6) is 3.20. The fourth-order valence-electron chi connectivity index (χ4n) is 3.43. The van der Waals surface area contributed by atoms with Crippen molar-refractivity contribution in [3.63, 3.8) is 0 Å². The van der Waals surface area contributed by atoms with Gasteiger partial charge in [0, 0.05) is 6.54 Å². The molecule has 18 heavy (non-hydrogen) atoms. The molecular formula is C15H21NO2. The normalized spacial score (nSPS) is 30.2. The van der Waals surface area contributed by atoms with Gasteiger partial charge in [-0.2, -0.15) is 0 Å². The number of piperidine rings is 3. The topological polar surface area (TPSA) is 21.7 Å². The zero-order chi connectivity index (χ0) is 12.5. The zero-order valence-electron chi connectivity index (χ0n) is 11.2. The Hall–Kier alpha value is -1.22. The minimum Gasteiger partial charge on any atom is -0.493 e. The van der Waals surface area contributed by atoms with E-state index in [0.717, 1.165) is 17.4 Å². The number of benzene rings is 1. The van der Waals surface area contributed by atoms with Gasteiger partial charge in [-0.3, -0.25) is 0 Å². The molecule has 3 fully saturated rings. The van der Waals surface area contributed by atoms with E-state index in [-0.39, 0.29) is 0 Å². The number of fused-ring (bicyclic) bond motifs is 3. The molecule has 0 amide bonds. The summed E-state index contributed by atoms with van der Waals surface area (Å²) in [4.78, 5) is 2.58. The molecule has 3 aliphatic heterocycles. The number of methoxy groups -OCH3 is 2. The van der Waals surface area contributed by atoms with Crippen LogP contribution in [0, 0.1) is 5.92 Å². The Bertz CT molecular complexity index is 425. The predicted octanol–water partition coefficient (Wildman–Crippen LogP) is 2.51. The summed E-state index contributed by atoms with van der Waals surface area (Å²) in [6, 6.07) is 6.39. The van der Waals surface area contributed by atoms with Crippen LogP contribution in [0.3, 0.4) is 0 Å². The first-order valence-electron chi connectivity index (χ1n) is 6.76. The molecule has 0 saturated carbocycles. The Kier molecular flexibility index (Phi) is 3.16. The molecule has 98 valence electrons. The van der Waals surface area contributed by atoms with Crippen LogP contribution in [0.1, 0.15) is 24.3 Å². The lowest BCUT2D eigenvalue weighted by molar-refractivity contribution is 0.0870. The Labute approximate surface area is 109 Å². The molecule has 3 heterocycles. The van der Waals surface area contributed by atoms with Gasteiger partial charge in [-0.05, 0) is 55.5 Å². The van der Waals surface area contributed by atoms with E-state index in [1.54, 1.807) is 14.2 Å². The first-order valence-corrected chi connectivity index (χ1v) is 6.76. The molecule has 3 aliphatic rings. The Balaban J connectivity index is 1.88. The first kappa shape index (κ1) is 11.8. The molecule has 0 aromatic heterocycles. The van der Waals surface area contributed by atoms with Crippen molar-refractivity contribution in [2.75, 3.05) is 33.9 Å². The molecule has 0 spiro atoms. The van der Waals surface area contributed by atoms with Gasteiger partial charge < -0.3 is 14.4 Å². The predicted molar refractivity (Wildman–Crippen MR) is 71.5 cm³/mol. The third kappa shape index (κ3) is 1.97. The van der Waals surface area contributed by atoms with Gasteiger partial charge >= 0.3 is 0 Å². The number of hydrogen-bond donors (Lipinski definition) is 0. The summed E-state index contributed by atoms with van der Waals surface area (Å²) in [7, 11) is 3.39. The molecule has 3 saturated heterocycles. The molecule has 1 unspecified atom stereocenters. The van der Waals surface area contributed by atoms with Crippen molar-refractivity contribution in [1.29, 1.82) is 0 Å². The summed E-state index contributed by atoms with van der Waals surface area (Å²) in [6.07, 6.45) is 2.69.